The molecule has 72 valence electrons. The number of nitrogens with one attached hydrogen (secondary N) is 1. The Morgan fingerprint density at radius 3 is 2.46 bits per heavy atom. The molecule has 1 amide bonds. The molecule has 13 heavy (non-hydrogen) atoms. The van der Waals surface area contributed by atoms with E-state index in [4.69, 9.17) is 11.5 Å². The third-order valence-electron chi connectivity index (χ3n) is 1.55. The Balaban J connectivity index is 4.02. The summed E-state index contributed by atoms with van der Waals surface area (Å²) in [5.41, 5.74) is -0.568. The summed E-state index contributed by atoms with van der Waals surface area (Å²) in [4.78, 5) is 21.0. The molecule has 0 rings (SSSR count). The molecule has 0 spiro atoms. The largest absolute Gasteiger partial charge is 0.481 e. The second kappa shape index (κ2) is 4.51. The van der Waals surface area contributed by atoms with Crippen LogP contribution in [0.4, 0.5) is 0 Å². The van der Waals surface area contributed by atoms with E-state index in [1.54, 1.807) is 13.8 Å². The first kappa shape index (κ1) is 11.5. The van der Waals surface area contributed by atoms with Crippen LogP contribution < -0.4 is 5.32 Å². The van der Waals surface area contributed by atoms with Gasteiger partial charge >= 0.3 is 5.97 Å². The van der Waals surface area contributed by atoms with Crippen LogP contribution in [-0.4, -0.2) is 22.5 Å². The van der Waals surface area contributed by atoms with E-state index >= 15 is 0 Å². The van der Waals surface area contributed by atoms with E-state index in [1.807, 2.05) is 5.92 Å². The van der Waals surface area contributed by atoms with Crippen LogP contribution in [0.2, 0.25) is 0 Å². The van der Waals surface area contributed by atoms with Crippen molar-refractivity contribution in [3.8, 4) is 12.3 Å². The monoisotopic (exact) mass is 183 g/mol. The molecule has 0 aliphatic carbocycles. The lowest BCUT2D eigenvalue weighted by Crippen LogP contribution is -2.43. The maximum atomic E-state index is 10.8. The zero-order chi connectivity index (χ0) is 10.5. The fourth-order valence-electron chi connectivity index (χ4n) is 0.825. The van der Waals surface area contributed by atoms with Crippen molar-refractivity contribution in [1.29, 1.82) is 0 Å². The van der Waals surface area contributed by atoms with Crippen LogP contribution in [0.25, 0.3) is 0 Å². The fraction of sp³-hybridized carbons (Fsp3) is 0.556. The third kappa shape index (κ3) is 5.74. The molecule has 4 heteroatoms. The van der Waals surface area contributed by atoms with E-state index in [-0.39, 0.29) is 6.42 Å². The summed E-state index contributed by atoms with van der Waals surface area (Å²) in [6.45, 7) is 3.45. The quantitative estimate of drug-likeness (QED) is 0.619. The maximum Gasteiger partial charge on any atom is 0.303 e. The molecule has 0 aromatic heterocycles. The molecule has 0 fully saturated rings. The molecular formula is C9H13NO3. The van der Waals surface area contributed by atoms with Crippen molar-refractivity contribution in [3.63, 3.8) is 0 Å². The van der Waals surface area contributed by atoms with Gasteiger partial charge in [-0.25, -0.2) is 0 Å². The summed E-state index contributed by atoms with van der Waals surface area (Å²) in [6.07, 6.45) is 5.23. The number of rotatable bonds is 4. The lowest BCUT2D eigenvalue weighted by Gasteiger charge is -2.23. The van der Waals surface area contributed by atoms with Gasteiger partial charge in [0, 0.05) is 12.0 Å². The first-order valence-electron chi connectivity index (χ1n) is 3.88. The molecule has 4 nitrogen and oxygen atoms in total. The van der Waals surface area contributed by atoms with Gasteiger partial charge in [0.05, 0.1) is 0 Å². The summed E-state index contributed by atoms with van der Waals surface area (Å²) in [7, 11) is 0. The van der Waals surface area contributed by atoms with Gasteiger partial charge < -0.3 is 10.4 Å². The van der Waals surface area contributed by atoms with Crippen molar-refractivity contribution in [2.75, 3.05) is 0 Å². The standard InChI is InChI=1S/C9H13NO3/c1-4-7(11)10-9(2,3)6-5-8(12)13/h1H,5-6H2,2-3H3,(H,10,11)(H,12,13). The van der Waals surface area contributed by atoms with Crippen molar-refractivity contribution < 1.29 is 14.7 Å². The molecule has 0 aliphatic rings. The predicted molar refractivity (Wildman–Crippen MR) is 47.9 cm³/mol. The third-order valence-corrected chi connectivity index (χ3v) is 1.55. The van der Waals surface area contributed by atoms with Gasteiger partial charge in [-0.15, -0.1) is 6.42 Å². The van der Waals surface area contributed by atoms with Gasteiger partial charge in [0.25, 0.3) is 5.91 Å². The number of terminal acetylenes is 1. The molecular weight excluding hydrogens is 170 g/mol. The number of carbonyl (C=O) groups is 2. The SMILES string of the molecule is C#CC(=O)NC(C)(C)CCC(=O)O. The van der Waals surface area contributed by atoms with Crippen LogP contribution in [0.1, 0.15) is 26.7 Å². The lowest BCUT2D eigenvalue weighted by molar-refractivity contribution is -0.137. The average Bonchev–Trinajstić information content (AvgIpc) is 2.00. The molecule has 0 aromatic rings. The van der Waals surface area contributed by atoms with E-state index in [0.29, 0.717) is 6.42 Å². The Morgan fingerprint density at radius 2 is 2.08 bits per heavy atom. The van der Waals surface area contributed by atoms with Crippen LogP contribution in [-0.2, 0) is 9.59 Å². The zero-order valence-electron chi connectivity index (χ0n) is 7.76. The highest BCUT2D eigenvalue weighted by atomic mass is 16.4. The highest BCUT2D eigenvalue weighted by molar-refractivity contribution is 5.93. The second-order valence-corrected chi connectivity index (χ2v) is 3.38. The fourth-order valence-corrected chi connectivity index (χ4v) is 0.825. The van der Waals surface area contributed by atoms with Crippen molar-refractivity contribution in [3.05, 3.63) is 0 Å². The molecule has 0 bridgehead atoms. The van der Waals surface area contributed by atoms with Gasteiger partial charge in [0.1, 0.15) is 0 Å². The average molecular weight is 183 g/mol. The molecule has 0 aliphatic heterocycles. The highest BCUT2D eigenvalue weighted by Gasteiger charge is 2.20. The van der Waals surface area contributed by atoms with E-state index in [2.05, 4.69) is 5.32 Å². The number of aliphatic carboxylic acids is 1. The summed E-state index contributed by atoms with van der Waals surface area (Å²) in [5, 5.41) is 10.9. The Hall–Kier alpha value is -1.50. The van der Waals surface area contributed by atoms with Crippen LogP contribution in [0, 0.1) is 12.3 Å². The van der Waals surface area contributed by atoms with Gasteiger partial charge in [-0.05, 0) is 26.2 Å². The smallest absolute Gasteiger partial charge is 0.303 e. The lowest BCUT2D eigenvalue weighted by atomic mass is 9.98. The normalized spacial score (nSPS) is 10.2. The van der Waals surface area contributed by atoms with E-state index in [0.717, 1.165) is 0 Å². The van der Waals surface area contributed by atoms with Crippen molar-refractivity contribution >= 4 is 11.9 Å². The van der Waals surface area contributed by atoms with Crippen molar-refractivity contribution in [2.24, 2.45) is 0 Å². The van der Waals surface area contributed by atoms with Crippen LogP contribution in [0.15, 0.2) is 0 Å². The molecule has 0 radical (unpaired) electrons. The van der Waals surface area contributed by atoms with E-state index in [1.165, 1.54) is 0 Å². The van der Waals surface area contributed by atoms with Crippen LogP contribution in [0.5, 0.6) is 0 Å². The Labute approximate surface area is 77.3 Å². The summed E-state index contributed by atoms with van der Waals surface area (Å²) >= 11 is 0. The van der Waals surface area contributed by atoms with Gasteiger partial charge in [-0.3, -0.25) is 9.59 Å². The van der Waals surface area contributed by atoms with Gasteiger partial charge in [0.2, 0.25) is 0 Å². The molecule has 0 atom stereocenters. The summed E-state index contributed by atoms with van der Waals surface area (Å²) < 4.78 is 0. The minimum atomic E-state index is -0.886. The Kier molecular flexibility index (Phi) is 3.99. The first-order chi connectivity index (χ1) is 5.87. The predicted octanol–water partition coefficient (Wildman–Crippen LogP) is 0.379. The Bertz CT molecular complexity index is 250. The zero-order valence-corrected chi connectivity index (χ0v) is 7.76. The van der Waals surface area contributed by atoms with Crippen molar-refractivity contribution in [2.45, 2.75) is 32.2 Å². The van der Waals surface area contributed by atoms with Crippen molar-refractivity contribution in [1.82, 2.24) is 5.32 Å². The van der Waals surface area contributed by atoms with Gasteiger partial charge in [-0.2, -0.15) is 0 Å². The van der Waals surface area contributed by atoms with Crippen LogP contribution in [0.3, 0.4) is 0 Å². The number of carbonyl (C=O) groups excluding carboxylic acids is 1. The minimum absolute atomic E-state index is 0.0118. The number of hydrogen-bond donors (Lipinski definition) is 2. The highest BCUT2D eigenvalue weighted by Crippen LogP contribution is 2.10. The van der Waals surface area contributed by atoms with E-state index in [9.17, 15) is 9.59 Å². The summed E-state index contributed by atoms with van der Waals surface area (Å²) in [5.74, 6) is 0.507. The van der Waals surface area contributed by atoms with Crippen LogP contribution >= 0.6 is 0 Å². The summed E-state index contributed by atoms with van der Waals surface area (Å²) in [6, 6.07) is 0. The first-order valence-corrected chi connectivity index (χ1v) is 3.88. The molecule has 2 N–H and O–H groups in total. The molecule has 0 saturated heterocycles. The molecule has 0 unspecified atom stereocenters. The molecule has 0 saturated carbocycles. The van der Waals surface area contributed by atoms with E-state index < -0.39 is 17.4 Å². The molecule has 0 aromatic carbocycles. The maximum absolute atomic E-state index is 10.8. The number of amides is 1. The van der Waals surface area contributed by atoms with Gasteiger partial charge in [0.15, 0.2) is 0 Å². The Morgan fingerprint density at radius 1 is 1.54 bits per heavy atom. The number of hydrogen-bond acceptors (Lipinski definition) is 2. The topological polar surface area (TPSA) is 66.4 Å². The number of carboxylic acid groups (broad SMARTS) is 1. The van der Waals surface area contributed by atoms with Gasteiger partial charge in [-0.1, -0.05) is 0 Å². The second-order valence-electron chi connectivity index (χ2n) is 3.38. The molecule has 0 heterocycles. The number of carboxylic acids is 1. The minimum Gasteiger partial charge on any atom is -0.481 e.